The Morgan fingerprint density at radius 1 is 1.09 bits per heavy atom. The molecule has 1 aliphatic carbocycles. The number of carbonyl (C=O) groups excluding carboxylic acids is 1. The van der Waals surface area contributed by atoms with Crippen molar-refractivity contribution in [3.8, 4) is 0 Å². The zero-order valence-corrected chi connectivity index (χ0v) is 19.8. The van der Waals surface area contributed by atoms with Gasteiger partial charge in [0, 0.05) is 21.8 Å². The van der Waals surface area contributed by atoms with Crippen molar-refractivity contribution in [2.75, 3.05) is 10.6 Å². The van der Waals surface area contributed by atoms with Gasteiger partial charge in [-0.15, -0.1) is 11.3 Å². The lowest BCUT2D eigenvalue weighted by molar-refractivity contribution is 0.0997. The van der Waals surface area contributed by atoms with Crippen molar-refractivity contribution in [1.82, 2.24) is 9.97 Å². The second-order valence-corrected chi connectivity index (χ2v) is 9.59. The van der Waals surface area contributed by atoms with E-state index in [1.165, 1.54) is 28.8 Å². The number of thiophene rings is 1. The normalized spacial score (nSPS) is 13.9. The third-order valence-corrected chi connectivity index (χ3v) is 7.15. The van der Waals surface area contributed by atoms with E-state index in [1.54, 1.807) is 35.6 Å². The van der Waals surface area contributed by atoms with Crippen LogP contribution in [0.15, 0.2) is 53.1 Å². The van der Waals surface area contributed by atoms with E-state index in [0.29, 0.717) is 5.95 Å². The van der Waals surface area contributed by atoms with Crippen molar-refractivity contribution >= 4 is 28.2 Å². The first kappa shape index (κ1) is 22.3. The quantitative estimate of drug-likeness (QED) is 0.345. The lowest BCUT2D eigenvalue weighted by Gasteiger charge is -2.24. The van der Waals surface area contributed by atoms with Crippen molar-refractivity contribution in [3.05, 3.63) is 93.3 Å². The minimum absolute atomic E-state index is 0.251. The van der Waals surface area contributed by atoms with Crippen LogP contribution >= 0.6 is 11.3 Å². The maximum Gasteiger partial charge on any atom is 0.291 e. The highest BCUT2D eigenvalue weighted by Crippen LogP contribution is 2.44. The number of benzene rings is 1. The fraction of sp³-hybridized carbons (Fsp3) is 0.269. The van der Waals surface area contributed by atoms with Crippen LogP contribution in [0.1, 0.15) is 62.4 Å². The minimum atomic E-state index is -0.369. The highest BCUT2D eigenvalue weighted by Gasteiger charge is 2.29. The van der Waals surface area contributed by atoms with Gasteiger partial charge in [0.15, 0.2) is 5.76 Å². The Morgan fingerprint density at radius 2 is 1.82 bits per heavy atom. The number of amides is 1. The molecule has 1 aromatic carbocycles. The minimum Gasteiger partial charge on any atom is -0.459 e. The van der Waals surface area contributed by atoms with E-state index in [2.05, 4.69) is 20.6 Å². The molecule has 2 N–H and O–H groups in total. The van der Waals surface area contributed by atoms with Gasteiger partial charge in [0.1, 0.15) is 10.8 Å². The molecule has 1 unspecified atom stereocenters. The van der Waals surface area contributed by atoms with E-state index in [0.717, 1.165) is 53.2 Å². The highest BCUT2D eigenvalue weighted by molar-refractivity contribution is 7.16. The molecule has 0 fully saturated rings. The molecule has 8 heteroatoms. The number of fused-ring (bicyclic) bond motifs is 1. The predicted octanol–water partition coefficient (Wildman–Crippen LogP) is 6.22. The van der Waals surface area contributed by atoms with E-state index in [1.807, 2.05) is 19.9 Å². The molecule has 174 valence electrons. The number of anilines is 2. The van der Waals surface area contributed by atoms with Crippen LogP contribution in [0.2, 0.25) is 0 Å². The summed E-state index contributed by atoms with van der Waals surface area (Å²) in [5, 5.41) is 7.32. The number of rotatable bonds is 6. The van der Waals surface area contributed by atoms with Crippen molar-refractivity contribution < 1.29 is 13.6 Å². The molecule has 3 aromatic heterocycles. The molecule has 0 aliphatic heterocycles. The van der Waals surface area contributed by atoms with E-state index < -0.39 is 0 Å². The Kier molecular flexibility index (Phi) is 6.15. The first-order valence-electron chi connectivity index (χ1n) is 11.3. The molecule has 3 heterocycles. The van der Waals surface area contributed by atoms with Crippen LogP contribution in [0.5, 0.6) is 0 Å². The number of carbonyl (C=O) groups is 1. The summed E-state index contributed by atoms with van der Waals surface area (Å²) in [7, 11) is 0. The summed E-state index contributed by atoms with van der Waals surface area (Å²) < 4.78 is 19.1. The van der Waals surface area contributed by atoms with Gasteiger partial charge >= 0.3 is 0 Å². The highest BCUT2D eigenvalue weighted by atomic mass is 32.1. The summed E-state index contributed by atoms with van der Waals surface area (Å²) in [6, 6.07) is 11.3. The molecule has 0 saturated heterocycles. The summed E-state index contributed by atoms with van der Waals surface area (Å²) in [5.74, 6) is 0.140. The van der Waals surface area contributed by atoms with E-state index in [9.17, 15) is 9.18 Å². The fourth-order valence-electron chi connectivity index (χ4n) is 4.46. The SMILES string of the molecule is Cc1cc(C)nc(NC(c2ccc(F)cc2)c2c(NC(=O)c3ccco3)sc3c2CCCC3)n1. The van der Waals surface area contributed by atoms with Gasteiger partial charge in [0.05, 0.1) is 12.3 Å². The Balaban J connectivity index is 1.62. The van der Waals surface area contributed by atoms with Crippen LogP contribution in [0.3, 0.4) is 0 Å². The van der Waals surface area contributed by atoms with Crippen LogP contribution in [0.4, 0.5) is 15.3 Å². The monoisotopic (exact) mass is 476 g/mol. The first-order valence-corrected chi connectivity index (χ1v) is 12.1. The molecular formula is C26H25FN4O2S. The zero-order chi connectivity index (χ0) is 23.7. The number of aryl methyl sites for hydroxylation is 3. The molecular weight excluding hydrogens is 451 g/mol. The van der Waals surface area contributed by atoms with Gasteiger partial charge in [0.2, 0.25) is 5.95 Å². The molecule has 4 aromatic rings. The van der Waals surface area contributed by atoms with Crippen LogP contribution in [0, 0.1) is 19.7 Å². The fourth-order valence-corrected chi connectivity index (χ4v) is 5.78. The third-order valence-electron chi connectivity index (χ3n) is 5.93. The summed E-state index contributed by atoms with van der Waals surface area (Å²) in [4.78, 5) is 23.3. The number of furan rings is 1. The van der Waals surface area contributed by atoms with Gasteiger partial charge in [-0.3, -0.25) is 4.79 Å². The number of aromatic nitrogens is 2. The standard InChI is InChI=1S/C26H25FN4O2S/c1-15-14-16(2)29-26(28-15)30-23(17-9-11-18(27)12-10-17)22-19-6-3-4-8-21(19)34-25(22)31-24(32)20-7-5-13-33-20/h5,7,9-14,23H,3-4,6,8H2,1-2H3,(H,31,32)(H,28,29,30). The lowest BCUT2D eigenvalue weighted by Crippen LogP contribution is -2.19. The summed E-state index contributed by atoms with van der Waals surface area (Å²) in [6.07, 6.45) is 5.58. The van der Waals surface area contributed by atoms with E-state index >= 15 is 0 Å². The first-order chi connectivity index (χ1) is 16.5. The lowest BCUT2D eigenvalue weighted by atomic mass is 9.89. The molecule has 0 radical (unpaired) electrons. The molecule has 1 atom stereocenters. The van der Waals surface area contributed by atoms with Crippen molar-refractivity contribution in [2.45, 2.75) is 45.6 Å². The molecule has 34 heavy (non-hydrogen) atoms. The van der Waals surface area contributed by atoms with Gasteiger partial charge < -0.3 is 15.1 Å². The van der Waals surface area contributed by atoms with Gasteiger partial charge in [-0.1, -0.05) is 12.1 Å². The second-order valence-electron chi connectivity index (χ2n) is 8.49. The number of halogens is 1. The molecule has 0 bridgehead atoms. The summed E-state index contributed by atoms with van der Waals surface area (Å²) >= 11 is 1.60. The van der Waals surface area contributed by atoms with Crippen molar-refractivity contribution in [1.29, 1.82) is 0 Å². The van der Waals surface area contributed by atoms with E-state index in [4.69, 9.17) is 4.42 Å². The van der Waals surface area contributed by atoms with Crippen molar-refractivity contribution in [2.24, 2.45) is 0 Å². The number of nitrogens with one attached hydrogen (secondary N) is 2. The van der Waals surface area contributed by atoms with Gasteiger partial charge in [0.25, 0.3) is 5.91 Å². The zero-order valence-electron chi connectivity index (χ0n) is 19.0. The maximum atomic E-state index is 13.8. The third kappa shape index (κ3) is 4.59. The topological polar surface area (TPSA) is 80.0 Å². The molecule has 1 aliphatic rings. The Bertz CT molecular complexity index is 1300. The Morgan fingerprint density at radius 3 is 2.53 bits per heavy atom. The molecule has 5 rings (SSSR count). The molecule has 0 spiro atoms. The molecule has 1 amide bonds. The van der Waals surface area contributed by atoms with Gasteiger partial charge in [-0.25, -0.2) is 14.4 Å². The second kappa shape index (κ2) is 9.38. The predicted molar refractivity (Wildman–Crippen MR) is 131 cm³/mol. The number of hydrogen-bond donors (Lipinski definition) is 2. The van der Waals surface area contributed by atoms with Crippen LogP contribution < -0.4 is 10.6 Å². The van der Waals surface area contributed by atoms with Gasteiger partial charge in [-0.05, 0) is 81.0 Å². The smallest absolute Gasteiger partial charge is 0.291 e. The Hall–Kier alpha value is -3.52. The summed E-state index contributed by atoms with van der Waals surface area (Å²) in [5.41, 5.74) is 4.79. The average Bonchev–Trinajstić information content (AvgIpc) is 3.46. The Labute approximate surface area is 201 Å². The summed E-state index contributed by atoms with van der Waals surface area (Å²) in [6.45, 7) is 3.85. The van der Waals surface area contributed by atoms with Crippen LogP contribution in [-0.4, -0.2) is 15.9 Å². The van der Waals surface area contributed by atoms with Crippen LogP contribution in [-0.2, 0) is 12.8 Å². The van der Waals surface area contributed by atoms with Crippen LogP contribution in [0.25, 0.3) is 0 Å². The number of nitrogens with zero attached hydrogens (tertiary/aromatic N) is 2. The van der Waals surface area contributed by atoms with Gasteiger partial charge in [-0.2, -0.15) is 0 Å². The molecule has 6 nitrogen and oxygen atoms in total. The average molecular weight is 477 g/mol. The number of hydrogen-bond acceptors (Lipinski definition) is 6. The van der Waals surface area contributed by atoms with E-state index in [-0.39, 0.29) is 23.5 Å². The largest absolute Gasteiger partial charge is 0.459 e. The van der Waals surface area contributed by atoms with Crippen molar-refractivity contribution in [3.63, 3.8) is 0 Å². The molecule has 0 saturated carbocycles. The maximum absolute atomic E-state index is 13.8.